The standard InChI is InChI=1S/C7H5AsF5N/c9-8(10,11,12,13)14-6-7-4-2-1-3-5-7/h1-5H. The zero-order valence-corrected chi connectivity index (χ0v) is 8.55. The maximum absolute atomic E-state index is 11.7. The Morgan fingerprint density at radius 1 is 0.929 bits per heavy atom. The predicted molar refractivity (Wildman–Crippen MR) is 44.1 cm³/mol. The normalized spacial score (nSPS) is 16.1. The number of halogens is 5. The molecule has 0 amide bonds. The fourth-order valence-corrected chi connectivity index (χ4v) is 1.30. The molecular weight excluding hydrogens is 268 g/mol. The van der Waals surface area contributed by atoms with E-state index in [4.69, 9.17) is 0 Å². The average molecular weight is 273 g/mol. The van der Waals surface area contributed by atoms with Crippen molar-refractivity contribution in [2.45, 2.75) is 0 Å². The van der Waals surface area contributed by atoms with Crippen LogP contribution in [0.5, 0.6) is 0 Å². The van der Waals surface area contributed by atoms with Crippen molar-refractivity contribution in [3.63, 3.8) is 0 Å². The van der Waals surface area contributed by atoms with Crippen molar-refractivity contribution < 1.29 is 17.3 Å². The molecule has 0 heterocycles. The van der Waals surface area contributed by atoms with Crippen molar-refractivity contribution in [1.82, 2.24) is 0 Å². The second-order valence-electron chi connectivity index (χ2n) is 2.59. The molecule has 78 valence electrons. The van der Waals surface area contributed by atoms with Gasteiger partial charge >= 0.3 is 77.0 Å². The number of rotatable bonds is 0. The molecule has 0 fully saturated rings. The van der Waals surface area contributed by atoms with E-state index in [0.717, 1.165) is 0 Å². The van der Waals surface area contributed by atoms with Gasteiger partial charge in [-0.05, 0) is 0 Å². The Labute approximate surface area is 77.6 Å². The first-order valence-electron chi connectivity index (χ1n) is 3.43. The van der Waals surface area contributed by atoms with Crippen LogP contribution in [0.3, 0.4) is 0 Å². The number of nitrogens with zero attached hydrogens (tertiary/aromatic N) is 1. The van der Waals surface area contributed by atoms with Crippen LogP contribution in [0.15, 0.2) is 30.3 Å². The molecule has 1 aromatic carbocycles. The van der Waals surface area contributed by atoms with Crippen molar-refractivity contribution >= 4 is 13.9 Å². The van der Waals surface area contributed by atoms with Crippen LogP contribution in [0.1, 0.15) is 5.56 Å². The number of hydrogen-bond acceptors (Lipinski definition) is 0. The van der Waals surface area contributed by atoms with Crippen LogP contribution in [0.4, 0.5) is 17.3 Å². The quantitative estimate of drug-likeness (QED) is 0.503. The molecule has 1 rings (SSSR count). The Hall–Kier alpha value is -1.08. The van der Waals surface area contributed by atoms with Crippen molar-refractivity contribution in [2.75, 3.05) is 0 Å². The molecule has 1 aromatic rings. The molecule has 0 radical (unpaired) electrons. The van der Waals surface area contributed by atoms with Gasteiger partial charge in [-0.2, -0.15) is 0 Å². The molecule has 7 heteroatoms. The van der Waals surface area contributed by atoms with Crippen molar-refractivity contribution in [3.8, 4) is 6.07 Å². The van der Waals surface area contributed by atoms with Gasteiger partial charge in [0, 0.05) is 0 Å². The van der Waals surface area contributed by atoms with E-state index in [9.17, 15) is 17.3 Å². The summed E-state index contributed by atoms with van der Waals surface area (Å²) < 4.78 is 60.0. The third-order valence-electron chi connectivity index (χ3n) is 1.14. The third kappa shape index (κ3) is 4.83. The Morgan fingerprint density at radius 2 is 1.43 bits per heavy atom. The van der Waals surface area contributed by atoms with Crippen LogP contribution in [-0.2, 0) is 0 Å². The molecule has 14 heavy (non-hydrogen) atoms. The van der Waals surface area contributed by atoms with Gasteiger partial charge in [0.1, 0.15) is 0 Å². The Kier molecular flexibility index (Phi) is 1.95. The molecule has 0 N–H and O–H groups in total. The van der Waals surface area contributed by atoms with E-state index >= 15 is 0 Å². The van der Waals surface area contributed by atoms with Gasteiger partial charge in [0.2, 0.25) is 0 Å². The predicted octanol–water partition coefficient (Wildman–Crippen LogP) is 3.55. The average Bonchev–Trinajstić information content (AvgIpc) is 2.00. The minimum atomic E-state index is -10.4. The summed E-state index contributed by atoms with van der Waals surface area (Å²) in [6, 6.07) is 8.02. The third-order valence-corrected chi connectivity index (χ3v) is 2.14. The van der Waals surface area contributed by atoms with Gasteiger partial charge in [-0.1, -0.05) is 0 Å². The minimum absolute atomic E-state index is 0.137. The van der Waals surface area contributed by atoms with Crippen molar-refractivity contribution in [3.05, 3.63) is 39.7 Å². The molecule has 0 spiro atoms. The van der Waals surface area contributed by atoms with Gasteiger partial charge in [0.25, 0.3) is 0 Å². The second-order valence-corrected chi connectivity index (χ2v) is 7.28. The van der Waals surface area contributed by atoms with E-state index < -0.39 is 13.9 Å². The summed E-state index contributed by atoms with van der Waals surface area (Å²) in [5, 5.41) is 0. The van der Waals surface area contributed by atoms with Crippen LogP contribution in [0, 0.1) is 6.07 Å². The fraction of sp³-hybridized carbons (Fsp3) is 0. The molecule has 0 aromatic heterocycles. The molecule has 0 unspecified atom stereocenters. The maximum atomic E-state index is 11.7. The monoisotopic (exact) mass is 273 g/mol. The van der Waals surface area contributed by atoms with Gasteiger partial charge in [-0.25, -0.2) is 0 Å². The van der Waals surface area contributed by atoms with Crippen LogP contribution in [0.25, 0.3) is 3.76 Å². The zero-order valence-electron chi connectivity index (χ0n) is 6.67. The Bertz CT molecular complexity index is 398. The van der Waals surface area contributed by atoms with Crippen LogP contribution in [0.2, 0.25) is 0 Å². The topological polar surface area (TPSA) is 4.36 Å². The molecule has 0 aliphatic heterocycles. The number of hydrogen-bond donors (Lipinski definition) is 0. The van der Waals surface area contributed by atoms with Gasteiger partial charge in [0.05, 0.1) is 0 Å². The van der Waals surface area contributed by atoms with E-state index in [0.29, 0.717) is 0 Å². The summed E-state index contributed by atoms with van der Waals surface area (Å²) >= 11 is -10.4. The zero-order chi connectivity index (χ0) is 10.9. The Morgan fingerprint density at radius 3 is 1.86 bits per heavy atom. The molecule has 0 saturated heterocycles. The van der Waals surface area contributed by atoms with E-state index in [2.05, 4.69) is 0 Å². The molecule has 0 atom stereocenters. The molecular formula is C7H5AsF5N. The summed E-state index contributed by atoms with van der Waals surface area (Å²) in [4.78, 5) is 0. The first-order valence-corrected chi connectivity index (χ1v) is 7.82. The summed E-state index contributed by atoms with van der Waals surface area (Å²) in [6.07, 6.45) is 0. The Balaban J connectivity index is 3.09. The van der Waals surface area contributed by atoms with E-state index in [1.165, 1.54) is 40.2 Å². The first-order chi connectivity index (χ1) is 6.05. The second kappa shape index (κ2) is 2.48. The number of benzene rings is 1. The molecule has 0 aliphatic carbocycles. The fourth-order valence-electron chi connectivity index (χ4n) is 0.665. The van der Waals surface area contributed by atoms with Crippen LogP contribution >= 0.6 is 0 Å². The van der Waals surface area contributed by atoms with Gasteiger partial charge in [-0.15, -0.1) is 0 Å². The van der Waals surface area contributed by atoms with Crippen molar-refractivity contribution in [1.29, 1.82) is 0 Å². The summed E-state index contributed by atoms with van der Waals surface area (Å²) in [5.74, 6) is 0. The van der Waals surface area contributed by atoms with E-state index in [-0.39, 0.29) is 5.56 Å². The van der Waals surface area contributed by atoms with Crippen LogP contribution < -0.4 is 0 Å². The van der Waals surface area contributed by atoms with Crippen LogP contribution in [-0.4, -0.2) is 13.9 Å². The van der Waals surface area contributed by atoms with Gasteiger partial charge in [-0.3, -0.25) is 0 Å². The van der Waals surface area contributed by atoms with E-state index in [1.54, 1.807) is 0 Å². The van der Waals surface area contributed by atoms with Crippen molar-refractivity contribution in [2.24, 2.45) is 0 Å². The molecule has 0 saturated carbocycles. The first kappa shape index (κ1) is 11.0. The summed E-state index contributed by atoms with van der Waals surface area (Å²) in [7, 11) is 0. The van der Waals surface area contributed by atoms with Gasteiger partial charge < -0.3 is 0 Å². The SMILES string of the molecule is F[As-](F)(F)(F)(F)[N+]#Cc1ccccc1. The summed E-state index contributed by atoms with van der Waals surface area (Å²) in [6.45, 7) is 0. The molecule has 0 aliphatic rings. The van der Waals surface area contributed by atoms with Gasteiger partial charge in [0.15, 0.2) is 0 Å². The van der Waals surface area contributed by atoms with E-state index in [1.807, 2.05) is 0 Å². The molecule has 1 nitrogen and oxygen atoms in total. The molecule has 0 bridgehead atoms. The summed E-state index contributed by atoms with van der Waals surface area (Å²) in [5.41, 5.74) is -0.137.